The van der Waals surface area contributed by atoms with E-state index in [4.69, 9.17) is 10.00 Å². The Balaban J connectivity index is 1.67. The molecule has 1 aromatic heterocycles. The number of ether oxygens (including phenoxy) is 1. The molecule has 0 aliphatic heterocycles. The van der Waals surface area contributed by atoms with Crippen molar-refractivity contribution in [3.8, 4) is 11.8 Å². The molecule has 0 bridgehead atoms. The lowest BCUT2D eigenvalue weighted by Gasteiger charge is -2.11. The highest BCUT2D eigenvalue weighted by Crippen LogP contribution is 2.18. The maximum Gasteiger partial charge on any atom is 0.256 e. The number of aromatic nitrogens is 2. The van der Waals surface area contributed by atoms with E-state index in [0.29, 0.717) is 22.7 Å². The van der Waals surface area contributed by atoms with Crippen LogP contribution in [-0.4, -0.2) is 15.7 Å². The number of rotatable bonds is 8. The Kier molecular flexibility index (Phi) is 6.42. The number of anilines is 1. The fourth-order valence-electron chi connectivity index (χ4n) is 2.76. The SMILES string of the molecule is CCCCn1nccc1NC(=O)c1cccc(OCc2ccccc2C#N)c1. The lowest BCUT2D eigenvalue weighted by molar-refractivity contribution is 0.102. The molecule has 0 saturated carbocycles. The number of nitrogens with one attached hydrogen (secondary N) is 1. The minimum absolute atomic E-state index is 0.221. The van der Waals surface area contributed by atoms with Gasteiger partial charge in [0.15, 0.2) is 0 Å². The van der Waals surface area contributed by atoms with Gasteiger partial charge >= 0.3 is 0 Å². The Hall–Kier alpha value is -3.59. The summed E-state index contributed by atoms with van der Waals surface area (Å²) in [7, 11) is 0. The molecule has 1 heterocycles. The van der Waals surface area contributed by atoms with Crippen LogP contribution in [0.5, 0.6) is 5.75 Å². The molecule has 28 heavy (non-hydrogen) atoms. The number of amides is 1. The molecule has 0 aliphatic carbocycles. The van der Waals surface area contributed by atoms with E-state index < -0.39 is 0 Å². The fraction of sp³-hybridized carbons (Fsp3) is 0.227. The molecule has 0 atom stereocenters. The van der Waals surface area contributed by atoms with E-state index in [1.54, 1.807) is 47.3 Å². The fourth-order valence-corrected chi connectivity index (χ4v) is 2.76. The van der Waals surface area contributed by atoms with Crippen molar-refractivity contribution in [2.24, 2.45) is 0 Å². The van der Waals surface area contributed by atoms with E-state index in [2.05, 4.69) is 23.4 Å². The van der Waals surface area contributed by atoms with Crippen LogP contribution < -0.4 is 10.1 Å². The Morgan fingerprint density at radius 3 is 2.89 bits per heavy atom. The number of unbranched alkanes of at least 4 members (excludes halogenated alkanes) is 1. The lowest BCUT2D eigenvalue weighted by Crippen LogP contribution is -2.16. The van der Waals surface area contributed by atoms with E-state index in [-0.39, 0.29) is 12.5 Å². The third-order valence-electron chi connectivity index (χ3n) is 4.31. The lowest BCUT2D eigenvalue weighted by atomic mass is 10.1. The zero-order chi connectivity index (χ0) is 19.8. The van der Waals surface area contributed by atoms with Gasteiger partial charge in [-0.2, -0.15) is 10.4 Å². The number of hydrogen-bond acceptors (Lipinski definition) is 4. The van der Waals surface area contributed by atoms with Crippen LogP contribution in [0.25, 0.3) is 0 Å². The van der Waals surface area contributed by atoms with Gasteiger partial charge in [-0.25, -0.2) is 4.68 Å². The van der Waals surface area contributed by atoms with Gasteiger partial charge < -0.3 is 10.1 Å². The smallest absolute Gasteiger partial charge is 0.256 e. The number of nitriles is 1. The van der Waals surface area contributed by atoms with E-state index >= 15 is 0 Å². The summed E-state index contributed by atoms with van der Waals surface area (Å²) in [6, 6.07) is 18.2. The van der Waals surface area contributed by atoms with Crippen LogP contribution in [0.3, 0.4) is 0 Å². The summed E-state index contributed by atoms with van der Waals surface area (Å²) >= 11 is 0. The van der Waals surface area contributed by atoms with Gasteiger partial charge in [-0.1, -0.05) is 37.6 Å². The summed E-state index contributed by atoms with van der Waals surface area (Å²) < 4.78 is 7.58. The summed E-state index contributed by atoms with van der Waals surface area (Å²) in [5, 5.41) is 16.3. The molecule has 0 radical (unpaired) electrons. The summed E-state index contributed by atoms with van der Waals surface area (Å²) in [4.78, 5) is 12.6. The monoisotopic (exact) mass is 374 g/mol. The standard InChI is InChI=1S/C22H22N4O2/c1-2-3-13-26-21(11-12-24-26)25-22(27)17-9-6-10-20(14-17)28-16-19-8-5-4-7-18(19)15-23/h4-12,14H,2-3,13,16H2,1H3,(H,25,27). The summed E-state index contributed by atoms with van der Waals surface area (Å²) in [5.41, 5.74) is 1.88. The van der Waals surface area contributed by atoms with Crippen molar-refractivity contribution in [1.29, 1.82) is 5.26 Å². The average Bonchev–Trinajstić information content (AvgIpc) is 3.17. The van der Waals surface area contributed by atoms with Crippen LogP contribution >= 0.6 is 0 Å². The van der Waals surface area contributed by atoms with Crippen molar-refractivity contribution < 1.29 is 9.53 Å². The van der Waals surface area contributed by atoms with E-state index in [1.165, 1.54) is 0 Å². The molecule has 6 heteroatoms. The Morgan fingerprint density at radius 2 is 2.07 bits per heavy atom. The highest BCUT2D eigenvalue weighted by atomic mass is 16.5. The quantitative estimate of drug-likeness (QED) is 0.634. The first kappa shape index (κ1) is 19.2. The van der Waals surface area contributed by atoms with Gasteiger partial charge in [-0.15, -0.1) is 0 Å². The van der Waals surface area contributed by atoms with Crippen molar-refractivity contribution in [3.63, 3.8) is 0 Å². The molecule has 6 nitrogen and oxygen atoms in total. The van der Waals surface area contributed by atoms with Crippen molar-refractivity contribution in [3.05, 3.63) is 77.5 Å². The molecule has 3 rings (SSSR count). The maximum atomic E-state index is 12.6. The van der Waals surface area contributed by atoms with Gasteiger partial charge in [0.25, 0.3) is 5.91 Å². The van der Waals surface area contributed by atoms with E-state index in [1.807, 2.05) is 18.2 Å². The minimum Gasteiger partial charge on any atom is -0.489 e. The maximum absolute atomic E-state index is 12.6. The molecular formula is C22H22N4O2. The van der Waals surface area contributed by atoms with E-state index in [9.17, 15) is 4.79 Å². The van der Waals surface area contributed by atoms with Gasteiger partial charge in [-0.3, -0.25) is 4.79 Å². The average molecular weight is 374 g/mol. The van der Waals surface area contributed by atoms with Gasteiger partial charge in [0.2, 0.25) is 0 Å². The van der Waals surface area contributed by atoms with Crippen molar-refractivity contribution in [1.82, 2.24) is 9.78 Å². The van der Waals surface area contributed by atoms with Crippen LogP contribution in [0.15, 0.2) is 60.8 Å². The van der Waals surface area contributed by atoms with Crippen LogP contribution in [0, 0.1) is 11.3 Å². The highest BCUT2D eigenvalue weighted by Gasteiger charge is 2.11. The second-order valence-corrected chi connectivity index (χ2v) is 6.33. The van der Waals surface area contributed by atoms with Crippen molar-refractivity contribution >= 4 is 11.7 Å². The molecule has 3 aromatic rings. The van der Waals surface area contributed by atoms with Gasteiger partial charge in [0.05, 0.1) is 17.8 Å². The Labute approximate surface area is 164 Å². The predicted octanol–water partition coefficient (Wildman–Crippen LogP) is 4.39. The van der Waals surface area contributed by atoms with Gasteiger partial charge in [0, 0.05) is 23.7 Å². The number of benzene rings is 2. The Morgan fingerprint density at radius 1 is 1.21 bits per heavy atom. The van der Waals surface area contributed by atoms with Crippen LogP contribution in [0.1, 0.15) is 41.3 Å². The zero-order valence-corrected chi connectivity index (χ0v) is 15.8. The second-order valence-electron chi connectivity index (χ2n) is 6.33. The first-order valence-corrected chi connectivity index (χ1v) is 9.25. The van der Waals surface area contributed by atoms with Crippen LogP contribution in [0.2, 0.25) is 0 Å². The summed E-state index contributed by atoms with van der Waals surface area (Å²) in [6.45, 7) is 3.14. The highest BCUT2D eigenvalue weighted by molar-refractivity contribution is 6.04. The van der Waals surface area contributed by atoms with Crippen molar-refractivity contribution in [2.45, 2.75) is 32.9 Å². The first-order chi connectivity index (χ1) is 13.7. The van der Waals surface area contributed by atoms with Crippen LogP contribution in [0.4, 0.5) is 5.82 Å². The van der Waals surface area contributed by atoms with Crippen LogP contribution in [-0.2, 0) is 13.2 Å². The molecule has 2 aromatic carbocycles. The molecule has 142 valence electrons. The molecule has 0 saturated heterocycles. The van der Waals surface area contributed by atoms with Gasteiger partial charge in [-0.05, 0) is 30.7 Å². The summed E-state index contributed by atoms with van der Waals surface area (Å²) in [5.74, 6) is 1.02. The van der Waals surface area contributed by atoms with Gasteiger partial charge in [0.1, 0.15) is 18.2 Å². The third kappa shape index (κ3) is 4.77. The van der Waals surface area contributed by atoms with Crippen molar-refractivity contribution in [2.75, 3.05) is 5.32 Å². The minimum atomic E-state index is -0.221. The molecule has 1 N–H and O–H groups in total. The predicted molar refractivity (Wildman–Crippen MR) is 107 cm³/mol. The molecule has 0 aliphatic rings. The number of hydrogen-bond donors (Lipinski definition) is 1. The normalized spacial score (nSPS) is 10.3. The number of nitrogens with zero attached hydrogens (tertiary/aromatic N) is 3. The molecule has 0 fully saturated rings. The molecule has 1 amide bonds. The Bertz CT molecular complexity index is 988. The second kappa shape index (κ2) is 9.38. The molecule has 0 spiro atoms. The van der Waals surface area contributed by atoms with E-state index in [0.717, 1.165) is 24.9 Å². The zero-order valence-electron chi connectivity index (χ0n) is 15.8. The molecule has 0 unspecified atom stereocenters. The topological polar surface area (TPSA) is 79.9 Å². The largest absolute Gasteiger partial charge is 0.489 e. The first-order valence-electron chi connectivity index (χ1n) is 9.25. The number of aryl methyl sites for hydroxylation is 1. The molecular weight excluding hydrogens is 352 g/mol. The number of carbonyl (C=O) groups excluding carboxylic acids is 1. The third-order valence-corrected chi connectivity index (χ3v) is 4.31. The number of carbonyl (C=O) groups is 1. The summed E-state index contributed by atoms with van der Waals surface area (Å²) in [6.07, 6.45) is 3.73.